The molecule has 0 saturated carbocycles. The van der Waals surface area contributed by atoms with Gasteiger partial charge in [-0.15, -0.1) is 0 Å². The fourth-order valence-electron chi connectivity index (χ4n) is 2.52. The van der Waals surface area contributed by atoms with Gasteiger partial charge >= 0.3 is 6.18 Å². The Morgan fingerprint density at radius 1 is 0.871 bits per heavy atom. The van der Waals surface area contributed by atoms with Crippen molar-refractivity contribution in [2.24, 2.45) is 0 Å². The number of ether oxygens (including phenoxy) is 1. The Labute approximate surface area is 173 Å². The molecule has 0 fully saturated rings. The zero-order chi connectivity index (χ0) is 23.0. The van der Waals surface area contributed by atoms with E-state index in [2.05, 4.69) is 4.72 Å². The third-order valence-corrected chi connectivity index (χ3v) is 5.44. The summed E-state index contributed by atoms with van der Waals surface area (Å²) in [5.74, 6) is -6.27. The van der Waals surface area contributed by atoms with Crippen molar-refractivity contribution >= 4 is 15.7 Å². The first kappa shape index (κ1) is 22.5. The van der Waals surface area contributed by atoms with Crippen molar-refractivity contribution in [1.29, 1.82) is 0 Å². The molecule has 0 bridgehead atoms. The second-order valence-electron chi connectivity index (χ2n) is 6.43. The van der Waals surface area contributed by atoms with Crippen LogP contribution in [0.4, 0.5) is 32.0 Å². The normalized spacial score (nSPS) is 12.0. The average molecular weight is 461 g/mol. The van der Waals surface area contributed by atoms with Crippen LogP contribution in [0.25, 0.3) is 0 Å². The maximum absolute atomic E-state index is 14.1. The minimum absolute atomic E-state index is 0.00780. The number of hydrogen-bond donors (Lipinski definition) is 1. The number of sulfonamides is 1. The predicted molar refractivity (Wildman–Crippen MR) is 99.8 cm³/mol. The summed E-state index contributed by atoms with van der Waals surface area (Å²) >= 11 is 0. The van der Waals surface area contributed by atoms with Crippen molar-refractivity contribution in [2.75, 3.05) is 4.72 Å². The van der Waals surface area contributed by atoms with E-state index >= 15 is 0 Å². The van der Waals surface area contributed by atoms with Crippen LogP contribution in [0.1, 0.15) is 11.1 Å². The predicted octanol–water partition coefficient (Wildman–Crippen LogP) is 6.02. The standard InChI is InChI=1S/C20H13F6NO3S/c1-11-2-5-14(6-3-11)31(28,29)27-17-7-4-13(21)10-18(17)30-19-15(22)8-12(9-16(19)23)20(24,25)26/h2-10,27H,1H3. The molecule has 0 saturated heterocycles. The summed E-state index contributed by atoms with van der Waals surface area (Å²) in [5.41, 5.74) is -1.19. The molecular weight excluding hydrogens is 448 g/mol. The molecular formula is C20H13F6NO3S. The van der Waals surface area contributed by atoms with Crippen LogP contribution < -0.4 is 9.46 Å². The molecule has 164 valence electrons. The van der Waals surface area contributed by atoms with Crippen molar-refractivity contribution in [3.05, 3.63) is 83.2 Å². The third-order valence-electron chi connectivity index (χ3n) is 4.06. The van der Waals surface area contributed by atoms with Crippen LogP contribution in [0.5, 0.6) is 11.5 Å². The highest BCUT2D eigenvalue weighted by atomic mass is 32.2. The SMILES string of the molecule is Cc1ccc(S(=O)(=O)Nc2ccc(F)cc2Oc2c(F)cc(C(F)(F)F)cc2F)cc1. The highest BCUT2D eigenvalue weighted by molar-refractivity contribution is 7.92. The monoisotopic (exact) mass is 461 g/mol. The smallest absolute Gasteiger partial charge is 0.416 e. The molecule has 11 heteroatoms. The Hall–Kier alpha value is -3.21. The second kappa shape index (κ2) is 8.14. The minimum atomic E-state index is -5.01. The van der Waals surface area contributed by atoms with E-state index in [-0.39, 0.29) is 22.7 Å². The number of aryl methyl sites for hydroxylation is 1. The van der Waals surface area contributed by atoms with Crippen LogP contribution in [0.2, 0.25) is 0 Å². The third kappa shape index (κ3) is 5.10. The van der Waals surface area contributed by atoms with Crippen molar-refractivity contribution in [1.82, 2.24) is 0 Å². The summed E-state index contributed by atoms with van der Waals surface area (Å²) in [6.45, 7) is 1.74. The van der Waals surface area contributed by atoms with E-state index in [0.29, 0.717) is 6.07 Å². The lowest BCUT2D eigenvalue weighted by Crippen LogP contribution is -2.14. The van der Waals surface area contributed by atoms with Gasteiger partial charge in [0.1, 0.15) is 5.82 Å². The first-order valence-corrected chi connectivity index (χ1v) is 9.98. The van der Waals surface area contributed by atoms with Crippen molar-refractivity contribution in [3.63, 3.8) is 0 Å². The Bertz CT molecular complexity index is 1200. The largest absolute Gasteiger partial charge is 0.449 e. The topological polar surface area (TPSA) is 55.4 Å². The van der Waals surface area contributed by atoms with Gasteiger partial charge in [-0.1, -0.05) is 17.7 Å². The number of halogens is 6. The summed E-state index contributed by atoms with van der Waals surface area (Å²) < 4.78 is 112. The molecule has 0 spiro atoms. The highest BCUT2D eigenvalue weighted by Crippen LogP contribution is 2.38. The number of hydrogen-bond acceptors (Lipinski definition) is 3. The lowest BCUT2D eigenvalue weighted by Gasteiger charge is -2.15. The summed E-state index contributed by atoms with van der Waals surface area (Å²) in [6.07, 6.45) is -5.01. The highest BCUT2D eigenvalue weighted by Gasteiger charge is 2.33. The number of benzene rings is 3. The van der Waals surface area contributed by atoms with E-state index in [1.54, 1.807) is 6.92 Å². The molecule has 0 atom stereocenters. The van der Waals surface area contributed by atoms with E-state index in [1.807, 2.05) is 0 Å². The minimum Gasteiger partial charge on any atom is -0.449 e. The lowest BCUT2D eigenvalue weighted by molar-refractivity contribution is -0.138. The molecule has 0 heterocycles. The molecule has 3 aromatic rings. The summed E-state index contributed by atoms with van der Waals surface area (Å²) in [6, 6.07) is 8.11. The average Bonchev–Trinajstić information content (AvgIpc) is 2.66. The van der Waals surface area contributed by atoms with E-state index in [1.165, 1.54) is 24.3 Å². The van der Waals surface area contributed by atoms with Gasteiger partial charge in [0.15, 0.2) is 23.1 Å². The van der Waals surface area contributed by atoms with Crippen molar-refractivity contribution in [2.45, 2.75) is 18.0 Å². The van der Waals surface area contributed by atoms with Crippen LogP contribution in [0.3, 0.4) is 0 Å². The molecule has 0 radical (unpaired) electrons. The molecule has 0 aliphatic rings. The molecule has 1 N–H and O–H groups in total. The molecule has 3 aromatic carbocycles. The van der Waals surface area contributed by atoms with Gasteiger partial charge in [-0.25, -0.2) is 21.6 Å². The molecule has 4 nitrogen and oxygen atoms in total. The van der Waals surface area contributed by atoms with Crippen molar-refractivity contribution < 1.29 is 39.5 Å². The Kier molecular flexibility index (Phi) is 5.90. The van der Waals surface area contributed by atoms with Gasteiger partial charge in [0, 0.05) is 6.07 Å². The molecule has 0 amide bonds. The van der Waals surface area contributed by atoms with Gasteiger partial charge in [-0.3, -0.25) is 4.72 Å². The first-order valence-electron chi connectivity index (χ1n) is 8.50. The van der Waals surface area contributed by atoms with E-state index in [0.717, 1.165) is 17.7 Å². The Morgan fingerprint density at radius 2 is 1.45 bits per heavy atom. The number of alkyl halides is 3. The maximum atomic E-state index is 14.1. The van der Waals surface area contributed by atoms with Crippen LogP contribution in [0, 0.1) is 24.4 Å². The van der Waals surface area contributed by atoms with E-state index < -0.39 is 50.7 Å². The Balaban J connectivity index is 1.99. The van der Waals surface area contributed by atoms with Gasteiger partial charge in [-0.05, 0) is 43.3 Å². The van der Waals surface area contributed by atoms with Crippen molar-refractivity contribution in [3.8, 4) is 11.5 Å². The zero-order valence-corrected chi connectivity index (χ0v) is 16.4. The fraction of sp³-hybridized carbons (Fsp3) is 0.100. The maximum Gasteiger partial charge on any atom is 0.416 e. The molecule has 0 aromatic heterocycles. The van der Waals surface area contributed by atoms with E-state index in [4.69, 9.17) is 4.74 Å². The van der Waals surface area contributed by atoms with Gasteiger partial charge in [0.05, 0.1) is 16.1 Å². The van der Waals surface area contributed by atoms with Crippen LogP contribution >= 0.6 is 0 Å². The number of rotatable bonds is 5. The second-order valence-corrected chi connectivity index (χ2v) is 8.11. The number of nitrogens with one attached hydrogen (secondary N) is 1. The summed E-state index contributed by atoms with van der Waals surface area (Å²) in [5, 5.41) is 0. The lowest BCUT2D eigenvalue weighted by atomic mass is 10.2. The van der Waals surface area contributed by atoms with Gasteiger partial charge in [0.25, 0.3) is 10.0 Å². The molecule has 31 heavy (non-hydrogen) atoms. The number of anilines is 1. The van der Waals surface area contributed by atoms with Gasteiger partial charge < -0.3 is 4.74 Å². The molecule has 0 unspecified atom stereocenters. The van der Waals surface area contributed by atoms with Crippen LogP contribution in [-0.2, 0) is 16.2 Å². The summed E-state index contributed by atoms with van der Waals surface area (Å²) in [4.78, 5) is -0.153. The first-order chi connectivity index (χ1) is 14.4. The van der Waals surface area contributed by atoms with Crippen LogP contribution in [-0.4, -0.2) is 8.42 Å². The molecule has 0 aliphatic heterocycles. The summed E-state index contributed by atoms with van der Waals surface area (Å²) in [7, 11) is -4.19. The zero-order valence-electron chi connectivity index (χ0n) is 15.6. The van der Waals surface area contributed by atoms with Crippen LogP contribution in [0.15, 0.2) is 59.5 Å². The molecule has 0 aliphatic carbocycles. The van der Waals surface area contributed by atoms with Gasteiger partial charge in [0.2, 0.25) is 0 Å². The molecule has 3 rings (SSSR count). The Morgan fingerprint density at radius 3 is 2.00 bits per heavy atom. The fourth-order valence-corrected chi connectivity index (χ4v) is 3.59. The van der Waals surface area contributed by atoms with Gasteiger partial charge in [-0.2, -0.15) is 13.2 Å². The van der Waals surface area contributed by atoms with E-state index in [9.17, 15) is 34.8 Å². The quantitative estimate of drug-likeness (QED) is 0.473.